The van der Waals surface area contributed by atoms with Gasteiger partial charge in [0.15, 0.2) is 0 Å². The Labute approximate surface area is 99.1 Å². The van der Waals surface area contributed by atoms with E-state index in [1.54, 1.807) is 0 Å². The summed E-state index contributed by atoms with van der Waals surface area (Å²) in [5.74, 6) is 1.32. The van der Waals surface area contributed by atoms with E-state index in [0.29, 0.717) is 11.8 Å². The summed E-state index contributed by atoms with van der Waals surface area (Å²) >= 11 is -0.472. The van der Waals surface area contributed by atoms with E-state index < -0.39 is 16.5 Å². The second-order valence-corrected chi connectivity index (χ2v) is 6.59. The van der Waals surface area contributed by atoms with Gasteiger partial charge in [-0.2, -0.15) is 0 Å². The van der Waals surface area contributed by atoms with Gasteiger partial charge in [-0.05, 0) is 24.9 Å². The average molecular weight is 412 g/mol. The number of nitrogens with two attached hydrogens (primary N) is 2. The van der Waals surface area contributed by atoms with Crippen LogP contribution in [0.2, 0.25) is 0 Å². The first-order valence-corrected chi connectivity index (χ1v) is 9.81. The van der Waals surface area contributed by atoms with Gasteiger partial charge in [0.05, 0.1) is 0 Å². The van der Waals surface area contributed by atoms with Crippen LogP contribution in [0.3, 0.4) is 0 Å². The van der Waals surface area contributed by atoms with E-state index in [1.807, 2.05) is 0 Å². The molecule has 0 saturated carbocycles. The van der Waals surface area contributed by atoms with E-state index in [2.05, 4.69) is 27.7 Å². The van der Waals surface area contributed by atoms with Gasteiger partial charge in [0, 0.05) is 0 Å². The molecule has 0 unspecified atom stereocenters. The van der Waals surface area contributed by atoms with Gasteiger partial charge in [-0.3, -0.25) is 0 Å². The van der Waals surface area contributed by atoms with Crippen LogP contribution >= 0.6 is 18.8 Å². The Hall–Kier alpha value is 1.19. The molecule has 0 aromatic carbocycles. The Morgan fingerprint density at radius 2 is 1.00 bits per heavy atom. The maximum absolute atomic E-state index is 5.17. The molecule has 5 heteroatoms. The molecule has 0 aliphatic rings. The molecule has 0 saturated heterocycles. The van der Waals surface area contributed by atoms with E-state index in [9.17, 15) is 0 Å². The molecular weight excluding hydrogens is 390 g/mol. The Morgan fingerprint density at radius 3 is 1.00 bits per heavy atom. The van der Waals surface area contributed by atoms with Gasteiger partial charge in [-0.1, -0.05) is 27.7 Å². The Morgan fingerprint density at radius 1 is 0.923 bits per heavy atom. The maximum atomic E-state index is 5.17. The molecule has 2 nitrogen and oxygen atoms in total. The number of halogens is 2. The summed E-state index contributed by atoms with van der Waals surface area (Å²) in [6.07, 6.45) is 0. The van der Waals surface area contributed by atoms with E-state index in [4.69, 9.17) is 30.3 Å². The van der Waals surface area contributed by atoms with Crippen LogP contribution in [0.25, 0.3) is 0 Å². The van der Waals surface area contributed by atoms with Crippen LogP contribution in [0.1, 0.15) is 27.7 Å². The topological polar surface area (TPSA) is 52.0 Å². The third-order valence-corrected chi connectivity index (χ3v) is 0.943. The van der Waals surface area contributed by atoms with Crippen LogP contribution in [0, 0.1) is 11.8 Å². The predicted molar refractivity (Wildman–Crippen MR) is 59.5 cm³/mol. The molecule has 0 aliphatic carbocycles. The second-order valence-electron chi connectivity index (χ2n) is 3.30. The number of rotatable bonds is 2. The Bertz CT molecular complexity index is 65.2. The minimum absolute atomic E-state index is 0.472. The van der Waals surface area contributed by atoms with E-state index in [1.165, 1.54) is 0 Å². The zero-order chi connectivity index (χ0) is 11.3. The van der Waals surface area contributed by atoms with Gasteiger partial charge < -0.3 is 11.5 Å². The molecule has 88 valence electrons. The third kappa shape index (κ3) is 61.3. The van der Waals surface area contributed by atoms with Crippen molar-refractivity contribution < 1.29 is 16.5 Å². The van der Waals surface area contributed by atoms with E-state index in [-0.39, 0.29) is 0 Å². The molecule has 0 aliphatic heterocycles. The molecule has 0 amide bonds. The van der Waals surface area contributed by atoms with Gasteiger partial charge in [0.25, 0.3) is 0 Å². The Balaban J connectivity index is -0.000000120. The van der Waals surface area contributed by atoms with E-state index >= 15 is 0 Å². The van der Waals surface area contributed by atoms with Gasteiger partial charge in [0.1, 0.15) is 0 Å². The molecule has 0 spiro atoms. The normalized spacial score (nSPS) is 9.08. The zero-order valence-electron chi connectivity index (χ0n) is 8.80. The van der Waals surface area contributed by atoms with Gasteiger partial charge in [-0.25, -0.2) is 0 Å². The van der Waals surface area contributed by atoms with Crippen LogP contribution in [0.15, 0.2) is 0 Å². The van der Waals surface area contributed by atoms with Crippen molar-refractivity contribution in [3.63, 3.8) is 0 Å². The van der Waals surface area contributed by atoms with Gasteiger partial charge >= 0.3 is 35.3 Å². The molecule has 0 aromatic rings. The molecule has 0 fully saturated rings. The van der Waals surface area contributed by atoms with Gasteiger partial charge in [-0.15, -0.1) is 0 Å². The van der Waals surface area contributed by atoms with Crippen molar-refractivity contribution >= 4 is 18.8 Å². The standard InChI is InChI=1S/2C4H11N.2ClH.Pt/c2*1-4(2)3-5;;;/h2*4H,3,5H2,1-2H3;2*1H;/q;;;;+2/p-2. The number of hydrogen-bond acceptors (Lipinski definition) is 2. The van der Waals surface area contributed by atoms with Crippen molar-refractivity contribution in [2.24, 2.45) is 23.3 Å². The van der Waals surface area contributed by atoms with Crippen molar-refractivity contribution in [2.75, 3.05) is 13.1 Å². The van der Waals surface area contributed by atoms with Crippen LogP contribution in [-0.4, -0.2) is 13.1 Å². The van der Waals surface area contributed by atoms with Crippen LogP contribution in [-0.2, 0) is 16.5 Å². The average Bonchev–Trinajstić information content (AvgIpc) is 2.07. The quantitative estimate of drug-likeness (QED) is 0.733. The summed E-state index contributed by atoms with van der Waals surface area (Å²) in [6.45, 7) is 10.0. The van der Waals surface area contributed by atoms with Crippen molar-refractivity contribution in [1.82, 2.24) is 0 Å². The monoisotopic (exact) mass is 411 g/mol. The first-order valence-electron chi connectivity index (χ1n) is 4.18. The Kier molecular flexibility index (Phi) is 28.6. The number of hydrogen-bond donors (Lipinski definition) is 2. The summed E-state index contributed by atoms with van der Waals surface area (Å²) in [7, 11) is 9.75. The molecule has 4 N–H and O–H groups in total. The molecule has 0 radical (unpaired) electrons. The van der Waals surface area contributed by atoms with Crippen molar-refractivity contribution in [3.05, 3.63) is 0 Å². The molecule has 0 bridgehead atoms. The summed E-state index contributed by atoms with van der Waals surface area (Å²) in [5.41, 5.74) is 10.3. The van der Waals surface area contributed by atoms with Gasteiger partial charge in [0.2, 0.25) is 0 Å². The van der Waals surface area contributed by atoms with E-state index in [0.717, 1.165) is 13.1 Å². The van der Waals surface area contributed by atoms with Crippen molar-refractivity contribution in [2.45, 2.75) is 27.7 Å². The van der Waals surface area contributed by atoms with Crippen LogP contribution in [0.5, 0.6) is 0 Å². The molecule has 0 aromatic heterocycles. The molecule has 13 heavy (non-hydrogen) atoms. The first-order chi connectivity index (χ1) is 5.95. The second kappa shape index (κ2) is 18.9. The summed E-state index contributed by atoms with van der Waals surface area (Å²) < 4.78 is 0. The minimum atomic E-state index is -0.472. The molecule has 0 rings (SSSR count). The molecule has 0 atom stereocenters. The van der Waals surface area contributed by atoms with Crippen molar-refractivity contribution in [3.8, 4) is 0 Å². The summed E-state index contributed by atoms with van der Waals surface area (Å²) in [6, 6.07) is 0. The van der Waals surface area contributed by atoms with Crippen molar-refractivity contribution in [1.29, 1.82) is 0 Å². The fraction of sp³-hybridized carbons (Fsp3) is 1.00. The fourth-order valence-corrected chi connectivity index (χ4v) is 0. The fourth-order valence-electron chi connectivity index (χ4n) is 0. The molecular formula is C8H22Cl2N2Pt. The summed E-state index contributed by atoms with van der Waals surface area (Å²) in [5, 5.41) is 0. The van der Waals surface area contributed by atoms with Crippen LogP contribution < -0.4 is 11.5 Å². The third-order valence-electron chi connectivity index (χ3n) is 0.943. The SMILES string of the molecule is CC(C)CN.CC(C)CN.[Cl][Pt][Cl]. The molecule has 0 heterocycles. The zero-order valence-corrected chi connectivity index (χ0v) is 12.6. The predicted octanol–water partition coefficient (Wildman–Crippen LogP) is 2.58. The first kappa shape index (κ1) is 19.7. The van der Waals surface area contributed by atoms with Crippen LogP contribution in [0.4, 0.5) is 0 Å². The summed E-state index contributed by atoms with van der Waals surface area (Å²) in [4.78, 5) is 0.